The van der Waals surface area contributed by atoms with Crippen LogP contribution in [0.5, 0.6) is 17.2 Å². The molecule has 0 radical (unpaired) electrons. The van der Waals surface area contributed by atoms with E-state index < -0.39 is 17.2 Å². The Bertz CT molecular complexity index is 1390. The molecule has 346 valence electrons. The summed E-state index contributed by atoms with van der Waals surface area (Å²) in [4.78, 5) is 0. The number of hydrogen-bond donors (Lipinski definition) is 0. The first-order valence-electron chi connectivity index (χ1n) is 23.4. The van der Waals surface area contributed by atoms with Gasteiger partial charge in [0.2, 0.25) is 0 Å². The Balaban J connectivity index is 0.000000307. The number of hydrogen-bond acceptors (Lipinski definition) is 7. The molecule has 2 saturated heterocycles. The van der Waals surface area contributed by atoms with Gasteiger partial charge in [-0.25, -0.2) is 0 Å². The van der Waals surface area contributed by atoms with Crippen LogP contribution in [0.15, 0.2) is 78.9 Å². The summed E-state index contributed by atoms with van der Waals surface area (Å²) in [5.41, 5.74) is 2.59. The first kappa shape index (κ1) is 55.3. The van der Waals surface area contributed by atoms with Crippen molar-refractivity contribution < 1.29 is 31.7 Å². The lowest BCUT2D eigenvalue weighted by atomic mass is 9.80. The fourth-order valence-corrected chi connectivity index (χ4v) is 9.09. The summed E-state index contributed by atoms with van der Waals surface area (Å²) < 4.78 is 39.8. The maximum Gasteiger partial charge on any atom is 0.397 e. The fraction of sp³-hybridized carbons (Fsp3) is 0.647. The van der Waals surface area contributed by atoms with Gasteiger partial charge in [-0.15, -0.1) is 0 Å². The molecule has 2 heterocycles. The van der Waals surface area contributed by atoms with Gasteiger partial charge >= 0.3 is 17.2 Å². The van der Waals surface area contributed by atoms with Crippen molar-refractivity contribution in [3.8, 4) is 17.2 Å². The Morgan fingerprint density at radius 1 is 0.492 bits per heavy atom. The van der Waals surface area contributed by atoms with E-state index in [0.29, 0.717) is 26.4 Å². The van der Waals surface area contributed by atoms with Crippen LogP contribution in [0.3, 0.4) is 0 Å². The van der Waals surface area contributed by atoms with Gasteiger partial charge in [0.1, 0.15) is 17.2 Å². The highest BCUT2D eigenvalue weighted by atomic mass is 31.2. The largest absolute Gasteiger partial charge is 0.480 e. The minimum absolute atomic E-state index is 0.104. The van der Waals surface area contributed by atoms with Gasteiger partial charge in [-0.2, -0.15) is 0 Å². The highest BCUT2D eigenvalue weighted by Gasteiger charge is 2.45. The summed E-state index contributed by atoms with van der Waals surface area (Å²) in [5.74, 6) is 2.42. The lowest BCUT2D eigenvalue weighted by molar-refractivity contribution is -0.0672. The van der Waals surface area contributed by atoms with Crippen molar-refractivity contribution in [1.82, 2.24) is 0 Å². The number of benzene rings is 3. The summed E-state index contributed by atoms with van der Waals surface area (Å²) in [6, 6.07) is 25.5. The van der Waals surface area contributed by atoms with Crippen molar-refractivity contribution in [2.24, 2.45) is 5.41 Å². The third kappa shape index (κ3) is 24.2. The molecule has 2 aliphatic heterocycles. The average molecular weight is 903 g/mol. The molecule has 0 bridgehead atoms. The van der Waals surface area contributed by atoms with E-state index in [-0.39, 0.29) is 16.2 Å². The van der Waals surface area contributed by atoms with Gasteiger partial charge in [0, 0.05) is 5.56 Å². The Morgan fingerprint density at radius 2 is 0.836 bits per heavy atom. The molecule has 1 spiro atoms. The second-order valence-electron chi connectivity index (χ2n) is 18.4. The third-order valence-corrected chi connectivity index (χ3v) is 12.8. The van der Waals surface area contributed by atoms with Crippen LogP contribution in [0.4, 0.5) is 0 Å². The van der Waals surface area contributed by atoms with Gasteiger partial charge in [-0.3, -0.25) is 0 Å². The van der Waals surface area contributed by atoms with E-state index in [1.165, 1.54) is 114 Å². The number of para-hydroxylation sites is 2. The van der Waals surface area contributed by atoms with Crippen molar-refractivity contribution in [2.75, 3.05) is 26.4 Å². The van der Waals surface area contributed by atoms with Crippen LogP contribution in [0.25, 0.3) is 0 Å². The molecular weight excluding hydrogens is 817 g/mol. The van der Waals surface area contributed by atoms with Crippen molar-refractivity contribution in [3.05, 3.63) is 90.0 Å². The molecule has 0 aliphatic carbocycles. The molecular formula is C51H85O7P3. The Hall–Kier alpha value is -1.81. The predicted octanol–water partition coefficient (Wildman–Crippen LogP) is 17.4. The predicted molar refractivity (Wildman–Crippen MR) is 265 cm³/mol. The first-order chi connectivity index (χ1) is 29.3. The van der Waals surface area contributed by atoms with E-state index in [2.05, 4.69) is 96.9 Å². The smallest absolute Gasteiger partial charge is 0.397 e. The van der Waals surface area contributed by atoms with Crippen LogP contribution < -0.4 is 13.6 Å². The molecule has 7 nitrogen and oxygen atoms in total. The Kier molecular flexibility index (Phi) is 29.0. The summed E-state index contributed by atoms with van der Waals surface area (Å²) in [6.07, 6.45) is 22.9. The monoisotopic (exact) mass is 903 g/mol. The summed E-state index contributed by atoms with van der Waals surface area (Å²) in [6.45, 7) is 24.3. The van der Waals surface area contributed by atoms with Crippen molar-refractivity contribution in [1.29, 1.82) is 0 Å². The topological polar surface area (TPSA) is 64.6 Å². The summed E-state index contributed by atoms with van der Waals surface area (Å²) >= 11 is 0. The SMILES string of the molecule is CC(C)(C)c1ccc(OP)c(C(C)(C)C)c1.CCCCCCCCCC.CCCCCCCCCC.c1ccc(OP2OCC3(CO2)COP(Oc2ccccc2)OC3)cc1. The Labute approximate surface area is 378 Å². The molecule has 2 fully saturated rings. The van der Waals surface area contributed by atoms with E-state index in [1.807, 2.05) is 60.7 Å². The molecule has 5 rings (SSSR count). The second kappa shape index (κ2) is 31.9. The zero-order valence-electron chi connectivity index (χ0n) is 40.0. The highest BCUT2D eigenvalue weighted by Crippen LogP contribution is 2.53. The van der Waals surface area contributed by atoms with Gasteiger partial charge in [0.15, 0.2) is 0 Å². The van der Waals surface area contributed by atoms with E-state index in [1.54, 1.807) is 0 Å². The van der Waals surface area contributed by atoms with Gasteiger partial charge in [0.05, 0.1) is 41.3 Å². The zero-order valence-corrected chi connectivity index (χ0v) is 42.9. The minimum Gasteiger partial charge on any atom is -0.480 e. The molecule has 3 aromatic carbocycles. The molecule has 0 N–H and O–H groups in total. The Morgan fingerprint density at radius 3 is 1.13 bits per heavy atom. The van der Waals surface area contributed by atoms with E-state index in [0.717, 1.165) is 17.2 Å². The molecule has 61 heavy (non-hydrogen) atoms. The maximum absolute atomic E-state index is 5.76. The molecule has 0 aromatic heterocycles. The zero-order chi connectivity index (χ0) is 44.8. The molecule has 0 amide bonds. The van der Waals surface area contributed by atoms with Crippen LogP contribution in [0, 0.1) is 5.41 Å². The summed E-state index contributed by atoms with van der Waals surface area (Å²) in [5, 5.41) is 0. The van der Waals surface area contributed by atoms with Crippen molar-refractivity contribution in [3.63, 3.8) is 0 Å². The standard InChI is InChI=1S/C17H18O6P2.C14H23OP.2C10H22/c1-3-7-15(8-4-1)22-24-18-11-17(12-19-24)13-20-25(21-14-17)23-16-9-5-2-6-10-16;1-13(2,3)10-7-8-12(15-16)11(9-10)14(4,5)6;2*1-3-5-7-9-10-8-6-4-2/h1-10H,11-14H2;7-9H,16H2,1-6H3;2*3-10H2,1-2H3. The third-order valence-electron chi connectivity index (χ3n) is 10.4. The first-order valence-corrected chi connectivity index (χ1v) is 26.1. The number of rotatable bonds is 19. The normalized spacial score (nSPS) is 18.7. The van der Waals surface area contributed by atoms with Crippen molar-refractivity contribution in [2.45, 2.75) is 183 Å². The van der Waals surface area contributed by atoms with Crippen LogP contribution in [0.2, 0.25) is 0 Å². The van der Waals surface area contributed by atoms with Crippen LogP contribution in [0.1, 0.15) is 183 Å². The second-order valence-corrected chi connectivity index (χ2v) is 20.9. The van der Waals surface area contributed by atoms with Crippen LogP contribution in [-0.2, 0) is 28.9 Å². The van der Waals surface area contributed by atoms with Crippen molar-refractivity contribution >= 4 is 26.7 Å². The average Bonchev–Trinajstić information content (AvgIpc) is 3.26. The molecule has 1 unspecified atom stereocenters. The molecule has 1 atom stereocenters. The highest BCUT2D eigenvalue weighted by molar-refractivity contribution is 7.42. The van der Waals surface area contributed by atoms with Gasteiger partial charge in [0.25, 0.3) is 0 Å². The van der Waals surface area contributed by atoms with Gasteiger partial charge in [-0.1, -0.05) is 221 Å². The lowest BCUT2D eigenvalue weighted by Gasteiger charge is -2.41. The molecule has 0 saturated carbocycles. The van der Waals surface area contributed by atoms with Gasteiger partial charge in [-0.05, 0) is 46.7 Å². The molecule has 10 heteroatoms. The molecule has 3 aromatic rings. The lowest BCUT2D eigenvalue weighted by Crippen LogP contribution is -2.45. The quantitative estimate of drug-likeness (QED) is 0.0877. The summed E-state index contributed by atoms with van der Waals surface area (Å²) in [7, 11) is -0.441. The van der Waals surface area contributed by atoms with E-state index in [9.17, 15) is 0 Å². The van der Waals surface area contributed by atoms with E-state index in [4.69, 9.17) is 31.7 Å². The van der Waals surface area contributed by atoms with Crippen LogP contribution in [-0.4, -0.2) is 26.4 Å². The molecule has 2 aliphatic rings. The van der Waals surface area contributed by atoms with Crippen LogP contribution >= 0.6 is 26.7 Å². The van der Waals surface area contributed by atoms with Gasteiger partial charge < -0.3 is 31.7 Å². The minimum atomic E-state index is -1.39. The number of unbranched alkanes of at least 4 members (excludes halogenated alkanes) is 14. The maximum atomic E-state index is 5.76. The fourth-order valence-electron chi connectivity index (χ4n) is 6.42. The van der Waals surface area contributed by atoms with E-state index >= 15 is 0 Å².